The fourth-order valence-electron chi connectivity index (χ4n) is 4.87. The van der Waals surface area contributed by atoms with Crippen LogP contribution in [-0.4, -0.2) is 18.1 Å². The summed E-state index contributed by atoms with van der Waals surface area (Å²) in [5, 5.41) is 5.16. The maximum atomic E-state index is 5.87. The maximum Gasteiger partial charge on any atom is 0.119 e. The molecule has 3 nitrogen and oxygen atoms in total. The van der Waals surface area contributed by atoms with E-state index in [2.05, 4.69) is 96.9 Å². The molecule has 0 radical (unpaired) electrons. The number of nitrogens with one attached hydrogen (secondary N) is 2. The molecular formula is C29H32N2O. The second-order valence-corrected chi connectivity index (χ2v) is 8.76. The molecule has 0 spiro atoms. The molecule has 0 saturated carbocycles. The predicted molar refractivity (Wildman–Crippen MR) is 133 cm³/mol. The first kappa shape index (κ1) is 20.8. The van der Waals surface area contributed by atoms with E-state index >= 15 is 0 Å². The molecule has 164 valence electrons. The Morgan fingerprint density at radius 3 is 2.38 bits per heavy atom. The smallest absolute Gasteiger partial charge is 0.119 e. The average Bonchev–Trinajstić information content (AvgIpc) is 3.24. The second kappa shape index (κ2) is 9.22. The lowest BCUT2D eigenvalue weighted by molar-refractivity contribution is 0.309. The van der Waals surface area contributed by atoms with Crippen LogP contribution in [0.4, 0.5) is 0 Å². The highest BCUT2D eigenvalue weighted by molar-refractivity contribution is 5.86. The molecule has 32 heavy (non-hydrogen) atoms. The number of unbranched alkanes of at least 4 members (excludes halogenated alkanes) is 1. The number of rotatable bonds is 7. The normalized spacial score (nSPS) is 17.9. The van der Waals surface area contributed by atoms with Crippen LogP contribution in [0.2, 0.25) is 0 Å². The molecule has 1 aliphatic rings. The van der Waals surface area contributed by atoms with Crippen LogP contribution in [0.3, 0.4) is 0 Å². The van der Waals surface area contributed by atoms with E-state index in [1.165, 1.54) is 38.9 Å². The highest BCUT2D eigenvalue weighted by Crippen LogP contribution is 2.41. The summed E-state index contributed by atoms with van der Waals surface area (Å²) in [7, 11) is 0. The number of benzene rings is 3. The van der Waals surface area contributed by atoms with Gasteiger partial charge < -0.3 is 15.0 Å². The molecule has 2 atom stereocenters. The first-order chi connectivity index (χ1) is 15.8. The molecule has 1 aromatic heterocycles. The van der Waals surface area contributed by atoms with Crippen molar-refractivity contribution >= 4 is 10.9 Å². The van der Waals surface area contributed by atoms with Gasteiger partial charge in [-0.2, -0.15) is 0 Å². The van der Waals surface area contributed by atoms with E-state index in [1.807, 2.05) is 0 Å². The number of H-pyrrole nitrogens is 1. The van der Waals surface area contributed by atoms with Crippen molar-refractivity contribution in [2.45, 2.75) is 45.1 Å². The van der Waals surface area contributed by atoms with Gasteiger partial charge in [0, 0.05) is 29.1 Å². The molecule has 0 aliphatic carbocycles. The van der Waals surface area contributed by atoms with E-state index < -0.39 is 0 Å². The first-order valence-electron chi connectivity index (χ1n) is 11.9. The maximum absolute atomic E-state index is 5.87. The fraction of sp³-hybridized carbons (Fsp3) is 0.310. The Morgan fingerprint density at radius 2 is 1.62 bits per heavy atom. The van der Waals surface area contributed by atoms with Gasteiger partial charge in [0.15, 0.2) is 0 Å². The molecule has 2 unspecified atom stereocenters. The Hall–Kier alpha value is -3.04. The van der Waals surface area contributed by atoms with Gasteiger partial charge in [-0.3, -0.25) is 0 Å². The summed E-state index contributed by atoms with van der Waals surface area (Å²) < 4.78 is 5.87. The standard InChI is InChI=1S/C29H32N2O/c1-3-5-18-32-23-16-14-22(15-17-23)28-29-27(24-8-6-7-9-26(24)31-29)25(19-30-28)21-12-10-20(4-2)11-13-21/h6-17,25,28,30-31H,3-5,18-19H2,1-2H3. The van der Waals surface area contributed by atoms with Crippen LogP contribution < -0.4 is 10.1 Å². The quantitative estimate of drug-likeness (QED) is 0.323. The van der Waals surface area contributed by atoms with Gasteiger partial charge in [-0.05, 0) is 53.3 Å². The Labute approximate surface area is 190 Å². The minimum absolute atomic E-state index is 0.147. The molecular weight excluding hydrogens is 392 g/mol. The summed E-state index contributed by atoms with van der Waals surface area (Å²) >= 11 is 0. The van der Waals surface area contributed by atoms with Gasteiger partial charge in [0.25, 0.3) is 0 Å². The highest BCUT2D eigenvalue weighted by atomic mass is 16.5. The van der Waals surface area contributed by atoms with Gasteiger partial charge in [-0.15, -0.1) is 0 Å². The summed E-state index contributed by atoms with van der Waals surface area (Å²) in [4.78, 5) is 3.75. The van der Waals surface area contributed by atoms with E-state index in [0.29, 0.717) is 5.92 Å². The molecule has 4 aromatic rings. The van der Waals surface area contributed by atoms with Crippen molar-refractivity contribution in [1.82, 2.24) is 10.3 Å². The number of aromatic amines is 1. The molecule has 5 rings (SSSR count). The highest BCUT2D eigenvalue weighted by Gasteiger charge is 2.32. The summed E-state index contributed by atoms with van der Waals surface area (Å²) in [6.07, 6.45) is 3.31. The van der Waals surface area contributed by atoms with Crippen LogP contribution in [0.1, 0.15) is 66.6 Å². The van der Waals surface area contributed by atoms with Gasteiger partial charge in [-0.1, -0.05) is 74.9 Å². The summed E-state index contributed by atoms with van der Waals surface area (Å²) in [5.74, 6) is 1.28. The van der Waals surface area contributed by atoms with Crippen molar-refractivity contribution < 1.29 is 4.74 Å². The van der Waals surface area contributed by atoms with Gasteiger partial charge >= 0.3 is 0 Å². The minimum atomic E-state index is 0.147. The van der Waals surface area contributed by atoms with Crippen LogP contribution in [0.5, 0.6) is 5.75 Å². The molecule has 2 heterocycles. The zero-order valence-corrected chi connectivity index (χ0v) is 19.0. The summed E-state index contributed by atoms with van der Waals surface area (Å²) in [6.45, 7) is 6.09. The largest absolute Gasteiger partial charge is 0.494 e. The van der Waals surface area contributed by atoms with Gasteiger partial charge in [0.1, 0.15) is 5.75 Å². The second-order valence-electron chi connectivity index (χ2n) is 8.76. The Bertz CT molecular complexity index is 1170. The van der Waals surface area contributed by atoms with Crippen LogP contribution in [0, 0.1) is 0 Å². The van der Waals surface area contributed by atoms with Gasteiger partial charge in [0.05, 0.1) is 12.6 Å². The first-order valence-corrected chi connectivity index (χ1v) is 11.9. The van der Waals surface area contributed by atoms with Crippen LogP contribution in [0.15, 0.2) is 72.8 Å². The van der Waals surface area contributed by atoms with E-state index in [-0.39, 0.29) is 6.04 Å². The van der Waals surface area contributed by atoms with Crippen molar-refractivity contribution in [3.8, 4) is 5.75 Å². The number of para-hydroxylation sites is 1. The Balaban J connectivity index is 1.51. The lowest BCUT2D eigenvalue weighted by Gasteiger charge is -2.31. The number of fused-ring (bicyclic) bond motifs is 3. The molecule has 2 N–H and O–H groups in total. The fourth-order valence-corrected chi connectivity index (χ4v) is 4.87. The lowest BCUT2D eigenvalue weighted by atomic mass is 9.83. The van der Waals surface area contributed by atoms with Gasteiger partial charge in [0.2, 0.25) is 0 Å². The minimum Gasteiger partial charge on any atom is -0.494 e. The molecule has 0 bridgehead atoms. The topological polar surface area (TPSA) is 37.0 Å². The number of aryl methyl sites for hydroxylation is 1. The van der Waals surface area contributed by atoms with Gasteiger partial charge in [-0.25, -0.2) is 0 Å². The SMILES string of the molecule is CCCCOc1ccc(C2NCC(c3ccc(CC)cc3)c3c2[nH]c2ccccc32)cc1. The average molecular weight is 425 g/mol. The number of ether oxygens (including phenoxy) is 1. The Kier molecular flexibility index (Phi) is 6.00. The van der Waals surface area contributed by atoms with Crippen LogP contribution in [-0.2, 0) is 6.42 Å². The third-order valence-corrected chi connectivity index (χ3v) is 6.71. The van der Waals surface area contributed by atoms with E-state index in [0.717, 1.165) is 38.2 Å². The summed E-state index contributed by atoms with van der Waals surface area (Å²) in [6, 6.07) is 26.6. The lowest BCUT2D eigenvalue weighted by Crippen LogP contribution is -2.34. The third-order valence-electron chi connectivity index (χ3n) is 6.71. The number of hydrogen-bond donors (Lipinski definition) is 2. The molecule has 3 aromatic carbocycles. The predicted octanol–water partition coefficient (Wildman–Crippen LogP) is 6.73. The van der Waals surface area contributed by atoms with E-state index in [4.69, 9.17) is 4.74 Å². The van der Waals surface area contributed by atoms with Crippen molar-refractivity contribution in [2.75, 3.05) is 13.2 Å². The molecule has 1 aliphatic heterocycles. The zero-order valence-electron chi connectivity index (χ0n) is 19.0. The van der Waals surface area contributed by atoms with Crippen LogP contribution >= 0.6 is 0 Å². The Morgan fingerprint density at radius 1 is 0.875 bits per heavy atom. The van der Waals surface area contributed by atoms with Crippen LogP contribution in [0.25, 0.3) is 10.9 Å². The number of aromatic nitrogens is 1. The van der Waals surface area contributed by atoms with E-state index in [9.17, 15) is 0 Å². The molecule has 0 amide bonds. The summed E-state index contributed by atoms with van der Waals surface area (Å²) in [5.41, 5.74) is 7.94. The molecule has 0 fully saturated rings. The zero-order chi connectivity index (χ0) is 21.9. The van der Waals surface area contributed by atoms with Crippen molar-refractivity contribution in [2.24, 2.45) is 0 Å². The van der Waals surface area contributed by atoms with Crippen molar-refractivity contribution in [3.63, 3.8) is 0 Å². The van der Waals surface area contributed by atoms with Crippen molar-refractivity contribution in [3.05, 3.63) is 101 Å². The monoisotopic (exact) mass is 424 g/mol. The van der Waals surface area contributed by atoms with E-state index in [1.54, 1.807) is 0 Å². The van der Waals surface area contributed by atoms with Crippen molar-refractivity contribution in [1.29, 1.82) is 0 Å². The number of hydrogen-bond acceptors (Lipinski definition) is 2. The molecule has 3 heteroatoms. The molecule has 0 saturated heterocycles. The third kappa shape index (κ3) is 3.93.